The normalized spacial score (nSPS) is 14.4. The zero-order valence-corrected chi connectivity index (χ0v) is 28.6. The van der Waals surface area contributed by atoms with Crippen LogP contribution in [0.4, 0.5) is 0 Å². The van der Waals surface area contributed by atoms with Gasteiger partial charge < -0.3 is 0 Å². The van der Waals surface area contributed by atoms with Crippen molar-refractivity contribution >= 4 is 44.0 Å². The SMILES string of the molecule is NC(=N/C(=N\[I-]c1ccc2ccccc2c1)c1ccccc1)c1ccc2c(c1)-c1ccccc1C21c2cccc3ccc4cccc1c4c23. The van der Waals surface area contributed by atoms with Crippen LogP contribution in [0.25, 0.3) is 43.4 Å². The van der Waals surface area contributed by atoms with Crippen LogP contribution in [0.15, 0.2) is 172 Å². The number of fused-ring (bicyclic) bond motifs is 8. The average Bonchev–Trinajstić information content (AvgIpc) is 3.64. The third kappa shape index (κ3) is 4.20. The van der Waals surface area contributed by atoms with E-state index in [1.165, 1.54) is 69.3 Å². The summed E-state index contributed by atoms with van der Waals surface area (Å²) in [6, 6.07) is 58.9. The number of aliphatic imine (C=N–C) groups is 1. The van der Waals surface area contributed by atoms with Crippen molar-refractivity contribution < 1.29 is 21.5 Å². The quantitative estimate of drug-likeness (QED) is 0.0915. The van der Waals surface area contributed by atoms with Crippen molar-refractivity contribution in [1.82, 2.24) is 0 Å². The van der Waals surface area contributed by atoms with Crippen LogP contribution in [0.1, 0.15) is 33.4 Å². The Morgan fingerprint density at radius 3 is 1.86 bits per heavy atom. The van der Waals surface area contributed by atoms with Crippen molar-refractivity contribution in [3.05, 3.63) is 201 Å². The molecule has 4 heteroatoms. The molecule has 0 atom stereocenters. The fraction of sp³-hybridized carbons (Fsp3) is 0.0222. The summed E-state index contributed by atoms with van der Waals surface area (Å²) in [6.45, 7) is 0. The molecule has 0 aromatic heterocycles. The molecule has 0 unspecified atom stereocenters. The Morgan fingerprint density at radius 2 is 1.08 bits per heavy atom. The molecule has 2 aliphatic rings. The molecule has 0 fully saturated rings. The summed E-state index contributed by atoms with van der Waals surface area (Å²) < 4.78 is 6.37. The molecule has 0 saturated heterocycles. The fourth-order valence-corrected chi connectivity index (χ4v) is 9.86. The van der Waals surface area contributed by atoms with Crippen LogP contribution in [-0.2, 0) is 5.41 Å². The van der Waals surface area contributed by atoms with E-state index in [1.807, 2.05) is 18.2 Å². The van der Waals surface area contributed by atoms with Crippen molar-refractivity contribution in [3.63, 3.8) is 0 Å². The maximum absolute atomic E-state index is 6.91. The maximum atomic E-state index is 6.91. The minimum atomic E-state index is -0.697. The molecule has 8 aromatic rings. The van der Waals surface area contributed by atoms with Gasteiger partial charge in [-0.25, -0.2) is 0 Å². The Labute approximate surface area is 295 Å². The molecule has 0 bridgehead atoms. The second kappa shape index (κ2) is 11.0. The standard InChI is InChI=1S/C45H29IN3/c47-43(48-44(31-11-2-1-3-12-31)49-46-34-24-22-28-10-4-5-13-32(28)26-34)33-23-25-38-36(27-33)35-16-6-7-17-37(35)45(38)39-18-8-14-29-20-21-30-15-9-19-40(45)42(30)41(29)39/h1-27H,(H2,47,48,49)/q-1. The Morgan fingerprint density at radius 1 is 0.469 bits per heavy atom. The van der Waals surface area contributed by atoms with Crippen LogP contribution in [-0.4, -0.2) is 11.7 Å². The van der Waals surface area contributed by atoms with Gasteiger partial charge in [-0.1, -0.05) is 24.3 Å². The summed E-state index contributed by atoms with van der Waals surface area (Å²) in [6.07, 6.45) is 0. The van der Waals surface area contributed by atoms with E-state index in [-0.39, 0.29) is 5.41 Å². The monoisotopic (exact) mass is 738 g/mol. The van der Waals surface area contributed by atoms with Crippen molar-refractivity contribution in [2.24, 2.45) is 13.9 Å². The zero-order valence-electron chi connectivity index (χ0n) is 26.4. The van der Waals surface area contributed by atoms with Crippen molar-refractivity contribution in [1.29, 1.82) is 0 Å². The Kier molecular flexibility index (Phi) is 6.37. The van der Waals surface area contributed by atoms with Crippen molar-refractivity contribution in [2.45, 2.75) is 5.41 Å². The van der Waals surface area contributed by atoms with Crippen molar-refractivity contribution in [2.75, 3.05) is 0 Å². The molecule has 3 nitrogen and oxygen atoms in total. The molecule has 232 valence electrons. The molecule has 8 aromatic carbocycles. The van der Waals surface area contributed by atoms with Crippen LogP contribution in [0.5, 0.6) is 0 Å². The van der Waals surface area contributed by atoms with Crippen LogP contribution in [0, 0.1) is 3.57 Å². The predicted octanol–water partition coefficient (Wildman–Crippen LogP) is 6.85. The molecule has 0 saturated carbocycles. The zero-order chi connectivity index (χ0) is 32.5. The third-order valence-electron chi connectivity index (χ3n) is 10.2. The van der Waals surface area contributed by atoms with Gasteiger partial charge in [-0.3, -0.25) is 0 Å². The molecular formula is C45H29IN3-. The summed E-state index contributed by atoms with van der Waals surface area (Å²) >= 11 is -0.697. The molecule has 0 aliphatic heterocycles. The van der Waals surface area contributed by atoms with Crippen LogP contribution < -0.4 is 27.2 Å². The van der Waals surface area contributed by atoms with E-state index in [2.05, 4.69) is 146 Å². The predicted molar refractivity (Wildman–Crippen MR) is 199 cm³/mol. The number of hydrogen-bond acceptors (Lipinski definition) is 1. The first kappa shape index (κ1) is 28.4. The van der Waals surface area contributed by atoms with E-state index in [1.54, 1.807) is 0 Å². The third-order valence-corrected chi connectivity index (χ3v) is 12.2. The second-order valence-corrected chi connectivity index (χ2v) is 15.0. The van der Waals surface area contributed by atoms with Gasteiger partial charge in [0.25, 0.3) is 0 Å². The van der Waals surface area contributed by atoms with Gasteiger partial charge in [0.1, 0.15) is 0 Å². The Bertz CT molecular complexity index is 2650. The number of halogens is 1. The van der Waals surface area contributed by atoms with Gasteiger partial charge in [0, 0.05) is 0 Å². The van der Waals surface area contributed by atoms with E-state index in [0.29, 0.717) is 11.7 Å². The first-order valence-corrected chi connectivity index (χ1v) is 18.6. The Hall–Kier alpha value is -5.59. The van der Waals surface area contributed by atoms with Crippen LogP contribution >= 0.6 is 0 Å². The van der Waals surface area contributed by atoms with Crippen molar-refractivity contribution in [3.8, 4) is 11.1 Å². The first-order valence-electron chi connectivity index (χ1n) is 16.5. The summed E-state index contributed by atoms with van der Waals surface area (Å²) in [7, 11) is 0. The van der Waals surface area contributed by atoms with Gasteiger partial charge in [-0.05, 0) is 0 Å². The molecule has 49 heavy (non-hydrogen) atoms. The number of nitrogens with two attached hydrogens (primary N) is 1. The number of amidine groups is 2. The van der Waals surface area contributed by atoms with Gasteiger partial charge in [-0.2, -0.15) is 0 Å². The van der Waals surface area contributed by atoms with Crippen LogP contribution in [0.2, 0.25) is 0 Å². The number of rotatable bonds is 4. The molecule has 0 heterocycles. The molecule has 1 spiro atoms. The van der Waals surface area contributed by atoms with E-state index in [9.17, 15) is 0 Å². The van der Waals surface area contributed by atoms with Gasteiger partial charge in [0.15, 0.2) is 0 Å². The average molecular weight is 739 g/mol. The minimum absolute atomic E-state index is 0.389. The summed E-state index contributed by atoms with van der Waals surface area (Å²) in [5, 5.41) is 7.76. The summed E-state index contributed by atoms with van der Waals surface area (Å²) in [5.41, 5.74) is 16.1. The van der Waals surface area contributed by atoms with E-state index >= 15 is 0 Å². The summed E-state index contributed by atoms with van der Waals surface area (Å²) in [5.74, 6) is 1.13. The second-order valence-electron chi connectivity index (χ2n) is 12.8. The summed E-state index contributed by atoms with van der Waals surface area (Å²) in [4.78, 5) is 5.03. The molecular weight excluding hydrogens is 709 g/mol. The van der Waals surface area contributed by atoms with Crippen LogP contribution in [0.3, 0.4) is 0 Å². The van der Waals surface area contributed by atoms with Gasteiger partial charge in [-0.15, -0.1) is 0 Å². The molecule has 0 radical (unpaired) electrons. The molecule has 2 aliphatic carbocycles. The van der Waals surface area contributed by atoms with E-state index < -0.39 is 21.5 Å². The van der Waals surface area contributed by atoms with E-state index in [0.717, 1.165) is 11.1 Å². The number of hydrogen-bond donors (Lipinski definition) is 1. The molecule has 10 rings (SSSR count). The first-order chi connectivity index (χ1) is 24.2. The van der Waals surface area contributed by atoms with Gasteiger partial charge in [0.05, 0.1) is 0 Å². The topological polar surface area (TPSA) is 50.7 Å². The van der Waals surface area contributed by atoms with E-state index in [4.69, 9.17) is 13.9 Å². The van der Waals surface area contributed by atoms with Gasteiger partial charge in [0.2, 0.25) is 0 Å². The fourth-order valence-electron chi connectivity index (χ4n) is 8.15. The van der Waals surface area contributed by atoms with Gasteiger partial charge >= 0.3 is 272 Å². The molecule has 0 amide bonds. The molecule has 2 N–H and O–H groups in total. The number of benzene rings is 8. The number of nitrogens with zero attached hydrogens (tertiary/aromatic N) is 2. The Balaban J connectivity index is 1.11.